The Labute approximate surface area is 188 Å². The molecule has 11 heteroatoms. The van der Waals surface area contributed by atoms with Crippen molar-refractivity contribution >= 4 is 23.4 Å². The Morgan fingerprint density at radius 3 is 2.69 bits per heavy atom. The van der Waals surface area contributed by atoms with Gasteiger partial charge in [0.05, 0.1) is 0 Å². The molecule has 2 N–H and O–H groups in total. The van der Waals surface area contributed by atoms with Gasteiger partial charge in [0, 0.05) is 44.5 Å². The molecule has 1 aliphatic rings. The molecular formula is C21H23ClF2N4O4. The minimum Gasteiger partial charge on any atom is -0.503 e. The molecular weight excluding hydrogens is 446 g/mol. The fraction of sp³-hybridized carbons (Fsp3) is 0.381. The number of amides is 2. The first-order valence-electron chi connectivity index (χ1n) is 10.0. The van der Waals surface area contributed by atoms with E-state index in [9.17, 15) is 28.3 Å². The topological polar surface area (TPSA) is 94.9 Å². The van der Waals surface area contributed by atoms with Crippen molar-refractivity contribution in [3.05, 3.63) is 62.0 Å². The van der Waals surface area contributed by atoms with Gasteiger partial charge in [-0.3, -0.25) is 14.4 Å². The molecule has 0 atom stereocenters. The summed E-state index contributed by atoms with van der Waals surface area (Å²) in [7, 11) is 1.92. The molecule has 0 aliphatic carbocycles. The van der Waals surface area contributed by atoms with Crippen molar-refractivity contribution in [2.45, 2.75) is 20.0 Å². The van der Waals surface area contributed by atoms with Crippen LogP contribution in [-0.4, -0.2) is 64.5 Å². The summed E-state index contributed by atoms with van der Waals surface area (Å²) in [4.78, 5) is 41.5. The van der Waals surface area contributed by atoms with Gasteiger partial charge in [0.25, 0.3) is 11.8 Å². The highest BCUT2D eigenvalue weighted by Gasteiger charge is 2.30. The summed E-state index contributed by atoms with van der Waals surface area (Å²) in [5.41, 5.74) is -1.65. The third-order valence-corrected chi connectivity index (χ3v) is 5.79. The predicted octanol–water partition coefficient (Wildman–Crippen LogP) is 1.82. The number of nitrogens with zero attached hydrogens (tertiary/aromatic N) is 3. The van der Waals surface area contributed by atoms with E-state index >= 15 is 0 Å². The summed E-state index contributed by atoms with van der Waals surface area (Å²) in [5, 5.41) is 12.0. The van der Waals surface area contributed by atoms with Crippen LogP contribution in [0.25, 0.3) is 0 Å². The van der Waals surface area contributed by atoms with Crippen LogP contribution in [0.1, 0.15) is 33.3 Å². The average Bonchev–Trinajstić information content (AvgIpc) is 2.78. The van der Waals surface area contributed by atoms with E-state index in [0.29, 0.717) is 19.6 Å². The lowest BCUT2D eigenvalue weighted by Crippen LogP contribution is -2.45. The van der Waals surface area contributed by atoms with Crippen LogP contribution in [0.3, 0.4) is 0 Å². The summed E-state index contributed by atoms with van der Waals surface area (Å²) in [6, 6.07) is 2.08. The molecule has 1 aromatic carbocycles. The van der Waals surface area contributed by atoms with Crippen LogP contribution in [0.2, 0.25) is 5.02 Å². The molecule has 0 radical (unpaired) electrons. The number of rotatable bonds is 7. The number of likely N-dealkylation sites (N-methyl/N-ethyl adjacent to an activating group) is 1. The zero-order valence-electron chi connectivity index (χ0n) is 17.6. The van der Waals surface area contributed by atoms with Crippen molar-refractivity contribution in [2.75, 3.05) is 33.2 Å². The number of hydrogen-bond donors (Lipinski definition) is 2. The van der Waals surface area contributed by atoms with Crippen LogP contribution >= 0.6 is 11.6 Å². The van der Waals surface area contributed by atoms with Gasteiger partial charge in [-0.05, 0) is 19.7 Å². The molecule has 0 fully saturated rings. The Morgan fingerprint density at radius 1 is 1.28 bits per heavy atom. The largest absolute Gasteiger partial charge is 0.503 e. The Hall–Kier alpha value is -2.98. The van der Waals surface area contributed by atoms with E-state index in [1.54, 1.807) is 4.90 Å². The molecule has 0 unspecified atom stereocenters. The number of carbonyl (C=O) groups excluding carboxylic acids is 2. The van der Waals surface area contributed by atoms with Gasteiger partial charge in [-0.2, -0.15) is 0 Å². The maximum atomic E-state index is 14.0. The normalized spacial score (nSPS) is 13.4. The van der Waals surface area contributed by atoms with Gasteiger partial charge in [0.15, 0.2) is 11.4 Å². The summed E-state index contributed by atoms with van der Waals surface area (Å²) in [6.07, 6.45) is 1.20. The quantitative estimate of drug-likeness (QED) is 0.604. The minimum atomic E-state index is -1.02. The van der Waals surface area contributed by atoms with E-state index in [-0.39, 0.29) is 24.3 Å². The first kappa shape index (κ1) is 23.7. The number of halogens is 3. The molecule has 1 aromatic heterocycles. The number of aromatic nitrogens is 1. The van der Waals surface area contributed by atoms with E-state index in [4.69, 9.17) is 11.6 Å². The minimum absolute atomic E-state index is 0.0742. The highest BCUT2D eigenvalue weighted by Crippen LogP contribution is 2.22. The standard InChI is InChI=1S/C21H23ClF2N4O4/c1-3-26(2)6-7-27-8-9-28-11-13(18(29)19(30)17(28)21(27)32)20(31)25-10-12-4-5-14(23)15(22)16(12)24/h4-5,11,30H,3,6-10H2,1-2H3,(H,25,31). The molecule has 0 bridgehead atoms. The first-order valence-corrected chi connectivity index (χ1v) is 10.4. The zero-order chi connectivity index (χ0) is 23.6. The van der Waals surface area contributed by atoms with Crippen molar-refractivity contribution in [3.63, 3.8) is 0 Å². The van der Waals surface area contributed by atoms with Crippen molar-refractivity contribution in [2.24, 2.45) is 0 Å². The first-order chi connectivity index (χ1) is 15.1. The number of carbonyl (C=O) groups is 2. The summed E-state index contributed by atoms with van der Waals surface area (Å²) in [5.74, 6) is -4.13. The predicted molar refractivity (Wildman–Crippen MR) is 114 cm³/mol. The Morgan fingerprint density at radius 2 is 2.00 bits per heavy atom. The number of nitrogens with one attached hydrogen (secondary N) is 1. The third kappa shape index (κ3) is 4.61. The third-order valence-electron chi connectivity index (χ3n) is 5.45. The molecule has 2 aromatic rings. The lowest BCUT2D eigenvalue weighted by Gasteiger charge is -2.31. The van der Waals surface area contributed by atoms with Crippen molar-refractivity contribution in [3.8, 4) is 5.75 Å². The fourth-order valence-corrected chi connectivity index (χ4v) is 3.51. The maximum absolute atomic E-state index is 14.0. The van der Waals surface area contributed by atoms with E-state index in [0.717, 1.165) is 18.7 Å². The Balaban J connectivity index is 1.80. The molecule has 0 saturated carbocycles. The second kappa shape index (κ2) is 9.66. The number of fused-ring (bicyclic) bond motifs is 1. The van der Waals surface area contributed by atoms with Crippen LogP contribution in [0.15, 0.2) is 23.1 Å². The maximum Gasteiger partial charge on any atom is 0.274 e. The van der Waals surface area contributed by atoms with E-state index < -0.39 is 45.2 Å². The van der Waals surface area contributed by atoms with E-state index in [1.165, 1.54) is 10.8 Å². The average molecular weight is 469 g/mol. The second-order valence-electron chi connectivity index (χ2n) is 7.47. The fourth-order valence-electron chi connectivity index (χ4n) is 3.33. The molecule has 1 aliphatic heterocycles. The van der Waals surface area contributed by atoms with Crippen molar-refractivity contribution in [1.29, 1.82) is 0 Å². The monoisotopic (exact) mass is 468 g/mol. The van der Waals surface area contributed by atoms with Crippen LogP contribution in [0, 0.1) is 11.6 Å². The molecule has 2 heterocycles. The second-order valence-corrected chi connectivity index (χ2v) is 7.85. The van der Waals surface area contributed by atoms with Gasteiger partial charge in [0.1, 0.15) is 22.2 Å². The smallest absolute Gasteiger partial charge is 0.274 e. The summed E-state index contributed by atoms with van der Waals surface area (Å²) < 4.78 is 28.7. The lowest BCUT2D eigenvalue weighted by atomic mass is 10.1. The van der Waals surface area contributed by atoms with Gasteiger partial charge < -0.3 is 24.8 Å². The molecule has 0 saturated heterocycles. The molecule has 172 valence electrons. The highest BCUT2D eigenvalue weighted by molar-refractivity contribution is 6.30. The molecule has 3 rings (SSSR count). The van der Waals surface area contributed by atoms with Crippen LogP contribution < -0.4 is 10.7 Å². The molecule has 0 spiro atoms. The van der Waals surface area contributed by atoms with E-state index in [2.05, 4.69) is 5.32 Å². The number of hydrogen-bond acceptors (Lipinski definition) is 5. The zero-order valence-corrected chi connectivity index (χ0v) is 18.4. The molecule has 2 amide bonds. The molecule has 8 nitrogen and oxygen atoms in total. The van der Waals surface area contributed by atoms with E-state index in [1.807, 2.05) is 18.9 Å². The Bertz CT molecular complexity index is 1120. The van der Waals surface area contributed by atoms with Crippen LogP contribution in [-0.2, 0) is 13.1 Å². The highest BCUT2D eigenvalue weighted by atomic mass is 35.5. The van der Waals surface area contributed by atoms with Crippen molar-refractivity contribution in [1.82, 2.24) is 19.7 Å². The summed E-state index contributed by atoms with van der Waals surface area (Å²) >= 11 is 5.53. The van der Waals surface area contributed by atoms with Gasteiger partial charge in [-0.25, -0.2) is 8.78 Å². The van der Waals surface area contributed by atoms with Gasteiger partial charge in [-0.15, -0.1) is 0 Å². The van der Waals surface area contributed by atoms with Crippen LogP contribution in [0.5, 0.6) is 5.75 Å². The summed E-state index contributed by atoms with van der Waals surface area (Å²) in [6.45, 7) is 4.16. The number of aromatic hydroxyl groups is 1. The lowest BCUT2D eigenvalue weighted by molar-refractivity contribution is 0.0680. The SMILES string of the molecule is CCN(C)CCN1CCn2cc(C(=O)NCc3ccc(F)c(Cl)c3F)c(=O)c(O)c2C1=O. The van der Waals surface area contributed by atoms with Crippen LogP contribution in [0.4, 0.5) is 8.78 Å². The van der Waals surface area contributed by atoms with Crippen molar-refractivity contribution < 1.29 is 23.5 Å². The molecule has 32 heavy (non-hydrogen) atoms. The number of pyridine rings is 1. The number of benzene rings is 1. The van der Waals surface area contributed by atoms with Gasteiger partial charge in [-0.1, -0.05) is 24.6 Å². The Kier molecular flexibility index (Phi) is 7.15. The van der Waals surface area contributed by atoms with Gasteiger partial charge in [0.2, 0.25) is 5.43 Å². The van der Waals surface area contributed by atoms with Gasteiger partial charge >= 0.3 is 0 Å².